The fraction of sp³-hybridized carbons (Fsp3) is 0.167. The number of carbonyl (C=O) groups is 1. The first-order chi connectivity index (χ1) is 9.47. The Morgan fingerprint density at radius 2 is 2.30 bits per heavy atom. The summed E-state index contributed by atoms with van der Waals surface area (Å²) in [5.74, 6) is -0.970. The summed E-state index contributed by atoms with van der Waals surface area (Å²) in [5.41, 5.74) is 1.11. The molecule has 104 valence electrons. The molecule has 0 bridgehead atoms. The molecule has 1 aromatic carbocycles. The highest BCUT2D eigenvalue weighted by Gasteiger charge is 2.16. The van der Waals surface area contributed by atoms with Crippen LogP contribution < -0.4 is 4.74 Å². The molecule has 2 aromatic rings. The predicted molar refractivity (Wildman–Crippen MR) is 71.2 cm³/mol. The van der Waals surface area contributed by atoms with Gasteiger partial charge in [-0.05, 0) is 18.6 Å². The van der Waals surface area contributed by atoms with Crippen molar-refractivity contribution in [3.63, 3.8) is 0 Å². The molecule has 0 fully saturated rings. The van der Waals surface area contributed by atoms with Crippen LogP contribution in [0.4, 0.5) is 5.69 Å². The zero-order valence-corrected chi connectivity index (χ0v) is 11.2. The van der Waals surface area contributed by atoms with E-state index in [0.29, 0.717) is 5.69 Å². The molecular weight excluding hydrogens is 284 g/mol. The van der Waals surface area contributed by atoms with Crippen molar-refractivity contribution in [3.8, 4) is 5.75 Å². The van der Waals surface area contributed by atoms with Crippen molar-refractivity contribution in [1.82, 2.24) is 4.98 Å². The Hall–Kier alpha value is -2.48. The number of aromatic carboxylic acids is 1. The molecular formula is C12H10N2O5S. The minimum Gasteiger partial charge on any atom is -0.480 e. The van der Waals surface area contributed by atoms with Crippen LogP contribution in [0.3, 0.4) is 0 Å². The zero-order chi connectivity index (χ0) is 14.7. The normalized spacial score (nSPS) is 10.2. The topological polar surface area (TPSA) is 103 Å². The van der Waals surface area contributed by atoms with E-state index in [0.717, 1.165) is 16.9 Å². The van der Waals surface area contributed by atoms with Crippen molar-refractivity contribution in [1.29, 1.82) is 0 Å². The number of benzene rings is 1. The molecule has 1 aromatic heterocycles. The highest BCUT2D eigenvalue weighted by Crippen LogP contribution is 2.28. The highest BCUT2D eigenvalue weighted by atomic mass is 32.1. The summed E-state index contributed by atoms with van der Waals surface area (Å²) in [6, 6.07) is 4.55. The first kappa shape index (κ1) is 13.9. The Morgan fingerprint density at radius 3 is 2.90 bits per heavy atom. The van der Waals surface area contributed by atoms with Crippen molar-refractivity contribution in [2.75, 3.05) is 0 Å². The van der Waals surface area contributed by atoms with E-state index in [1.54, 1.807) is 24.4 Å². The molecule has 8 heteroatoms. The number of hydrogen-bond donors (Lipinski definition) is 1. The second-order valence-electron chi connectivity index (χ2n) is 3.97. The van der Waals surface area contributed by atoms with E-state index in [1.807, 2.05) is 0 Å². The molecule has 0 amide bonds. The van der Waals surface area contributed by atoms with Crippen molar-refractivity contribution in [2.45, 2.75) is 13.5 Å². The second kappa shape index (κ2) is 5.66. The van der Waals surface area contributed by atoms with Gasteiger partial charge in [-0.2, -0.15) is 0 Å². The van der Waals surface area contributed by atoms with Crippen LogP contribution in [0.1, 0.15) is 21.1 Å². The van der Waals surface area contributed by atoms with Gasteiger partial charge in [0, 0.05) is 11.4 Å². The van der Waals surface area contributed by atoms with Gasteiger partial charge in [0.05, 0.1) is 10.6 Å². The first-order valence-corrected chi connectivity index (χ1v) is 6.41. The maximum Gasteiger partial charge on any atom is 0.365 e. The lowest BCUT2D eigenvalue weighted by molar-refractivity contribution is -0.386. The molecule has 0 unspecified atom stereocenters. The molecule has 0 spiro atoms. The summed E-state index contributed by atoms with van der Waals surface area (Å²) in [6.45, 7) is 1.77. The Balaban J connectivity index is 2.15. The number of aromatic nitrogens is 1. The van der Waals surface area contributed by atoms with Gasteiger partial charge in [0.15, 0.2) is 5.75 Å². The van der Waals surface area contributed by atoms with Crippen molar-refractivity contribution >= 4 is 23.0 Å². The summed E-state index contributed by atoms with van der Waals surface area (Å²) in [6.07, 6.45) is 0. The van der Waals surface area contributed by atoms with Crippen LogP contribution in [-0.2, 0) is 6.61 Å². The predicted octanol–water partition coefficient (Wildman–Crippen LogP) is 2.64. The number of carboxylic acids is 1. The molecule has 0 aliphatic carbocycles. The lowest BCUT2D eigenvalue weighted by Gasteiger charge is -2.05. The van der Waals surface area contributed by atoms with E-state index in [4.69, 9.17) is 9.84 Å². The van der Waals surface area contributed by atoms with Gasteiger partial charge in [0.2, 0.25) is 5.01 Å². The molecule has 20 heavy (non-hydrogen) atoms. The Labute approximate surface area is 117 Å². The van der Waals surface area contributed by atoms with Crippen molar-refractivity contribution in [3.05, 3.63) is 50.0 Å². The van der Waals surface area contributed by atoms with Crippen LogP contribution in [0.5, 0.6) is 5.75 Å². The average molecular weight is 294 g/mol. The largest absolute Gasteiger partial charge is 0.480 e. The second-order valence-corrected chi connectivity index (χ2v) is 4.82. The van der Waals surface area contributed by atoms with Crippen molar-refractivity contribution < 1.29 is 19.6 Å². The number of nitro benzene ring substituents is 1. The lowest BCUT2D eigenvalue weighted by atomic mass is 10.2. The van der Waals surface area contributed by atoms with Crippen LogP contribution >= 0.6 is 11.3 Å². The van der Waals surface area contributed by atoms with Crippen LogP contribution in [0.2, 0.25) is 0 Å². The minimum atomic E-state index is -1.11. The molecule has 0 atom stereocenters. The van der Waals surface area contributed by atoms with Crippen LogP contribution in [0, 0.1) is 17.0 Å². The molecule has 0 radical (unpaired) electrons. The van der Waals surface area contributed by atoms with Crippen molar-refractivity contribution in [2.24, 2.45) is 0 Å². The standard InChI is InChI=1S/C12H10N2O5S/c1-7-2-3-9(14(17)18)10(4-7)19-5-8-6-20-11(13-8)12(15)16/h2-4,6H,5H2,1H3,(H,15,16). The third-order valence-corrected chi connectivity index (χ3v) is 3.30. The Bertz CT molecular complexity index is 668. The van der Waals surface area contributed by atoms with Gasteiger partial charge >= 0.3 is 11.7 Å². The number of nitro groups is 1. The third kappa shape index (κ3) is 3.09. The molecule has 0 aliphatic heterocycles. The van der Waals surface area contributed by atoms with Crippen LogP contribution in [0.25, 0.3) is 0 Å². The molecule has 1 N–H and O–H groups in total. The molecule has 7 nitrogen and oxygen atoms in total. The number of thiazole rings is 1. The van der Waals surface area contributed by atoms with Gasteiger partial charge in [0.25, 0.3) is 0 Å². The summed E-state index contributed by atoms with van der Waals surface area (Å²) in [7, 11) is 0. The van der Waals surface area contributed by atoms with E-state index in [1.165, 1.54) is 6.07 Å². The average Bonchev–Trinajstić information content (AvgIpc) is 2.85. The zero-order valence-electron chi connectivity index (χ0n) is 10.4. The monoisotopic (exact) mass is 294 g/mol. The summed E-state index contributed by atoms with van der Waals surface area (Å²) < 4.78 is 5.37. The smallest absolute Gasteiger partial charge is 0.365 e. The van der Waals surface area contributed by atoms with E-state index < -0.39 is 10.9 Å². The maximum atomic E-state index is 10.9. The number of hydrogen-bond acceptors (Lipinski definition) is 6. The fourth-order valence-electron chi connectivity index (χ4n) is 1.51. The van der Waals surface area contributed by atoms with Crippen LogP contribution in [-0.4, -0.2) is 21.0 Å². The number of aryl methyl sites for hydroxylation is 1. The lowest BCUT2D eigenvalue weighted by Crippen LogP contribution is -2.01. The highest BCUT2D eigenvalue weighted by molar-refractivity contribution is 7.11. The Kier molecular flexibility index (Phi) is 3.94. The van der Waals surface area contributed by atoms with E-state index in [-0.39, 0.29) is 23.1 Å². The SMILES string of the molecule is Cc1ccc([N+](=O)[O-])c(OCc2csc(C(=O)O)n2)c1. The molecule has 0 saturated carbocycles. The summed E-state index contributed by atoms with van der Waals surface area (Å²) >= 11 is 0.982. The van der Waals surface area contributed by atoms with E-state index >= 15 is 0 Å². The van der Waals surface area contributed by atoms with Gasteiger partial charge < -0.3 is 9.84 Å². The van der Waals surface area contributed by atoms with Crippen LogP contribution in [0.15, 0.2) is 23.6 Å². The maximum absolute atomic E-state index is 10.9. The fourth-order valence-corrected chi connectivity index (χ4v) is 2.15. The molecule has 1 heterocycles. The van der Waals surface area contributed by atoms with Gasteiger partial charge in [-0.1, -0.05) is 6.07 Å². The molecule has 2 rings (SSSR count). The molecule has 0 saturated heterocycles. The summed E-state index contributed by atoms with van der Waals surface area (Å²) in [5, 5.41) is 21.1. The number of nitrogens with zero attached hydrogens (tertiary/aromatic N) is 2. The van der Waals surface area contributed by atoms with Gasteiger partial charge in [0.1, 0.15) is 6.61 Å². The van der Waals surface area contributed by atoms with Gasteiger partial charge in [-0.3, -0.25) is 10.1 Å². The minimum absolute atomic E-state index is 0.0198. The van der Waals surface area contributed by atoms with E-state index in [2.05, 4.69) is 4.98 Å². The van der Waals surface area contributed by atoms with Gasteiger partial charge in [-0.15, -0.1) is 11.3 Å². The quantitative estimate of drug-likeness (QED) is 0.671. The summed E-state index contributed by atoms with van der Waals surface area (Å²) in [4.78, 5) is 24.9. The third-order valence-electron chi connectivity index (χ3n) is 2.42. The Morgan fingerprint density at radius 1 is 1.55 bits per heavy atom. The van der Waals surface area contributed by atoms with E-state index in [9.17, 15) is 14.9 Å². The molecule has 0 aliphatic rings. The number of rotatable bonds is 5. The first-order valence-electron chi connectivity index (χ1n) is 5.53. The number of ether oxygens (including phenoxy) is 1. The van der Waals surface area contributed by atoms with Gasteiger partial charge in [-0.25, -0.2) is 9.78 Å². The number of carboxylic acid groups (broad SMARTS) is 1.